The number of aromatic nitrogens is 1. The van der Waals surface area contributed by atoms with Crippen LogP contribution in [-0.2, 0) is 16.0 Å². The molecule has 0 saturated carbocycles. The highest BCUT2D eigenvalue weighted by Crippen LogP contribution is 2.33. The predicted molar refractivity (Wildman–Crippen MR) is 176 cm³/mol. The number of carboxylic acid groups (broad SMARTS) is 1. The molecule has 3 N–H and O–H groups in total. The summed E-state index contributed by atoms with van der Waals surface area (Å²) in [6.45, 7) is 4.83. The molecule has 3 unspecified atom stereocenters. The third-order valence-corrected chi connectivity index (χ3v) is 8.16. The Morgan fingerprint density at radius 1 is 0.915 bits per heavy atom. The van der Waals surface area contributed by atoms with E-state index in [0.717, 1.165) is 5.56 Å². The second-order valence-corrected chi connectivity index (χ2v) is 11.7. The Morgan fingerprint density at radius 3 is 2.34 bits per heavy atom. The van der Waals surface area contributed by atoms with Crippen LogP contribution >= 0.6 is 0 Å². The van der Waals surface area contributed by atoms with E-state index in [-0.39, 0.29) is 35.9 Å². The highest BCUT2D eigenvalue weighted by molar-refractivity contribution is 6.01. The van der Waals surface area contributed by atoms with E-state index in [9.17, 15) is 28.7 Å². The fourth-order valence-electron chi connectivity index (χ4n) is 5.77. The highest BCUT2D eigenvalue weighted by Gasteiger charge is 2.34. The van der Waals surface area contributed by atoms with Crippen molar-refractivity contribution in [1.82, 2.24) is 15.2 Å². The Kier molecular flexibility index (Phi) is 10.2. The van der Waals surface area contributed by atoms with Gasteiger partial charge in [-0.3, -0.25) is 24.2 Å². The fraction of sp³-hybridized carbons (Fsp3) is 0.250. The monoisotopic (exact) mass is 637 g/mol. The van der Waals surface area contributed by atoms with Gasteiger partial charge in [0.05, 0.1) is 35.8 Å². The van der Waals surface area contributed by atoms with Gasteiger partial charge < -0.3 is 25.5 Å². The van der Waals surface area contributed by atoms with Crippen LogP contribution in [0.25, 0.3) is 0 Å². The molecule has 3 atom stereocenters. The number of carboxylic acids is 1. The second-order valence-electron chi connectivity index (χ2n) is 11.7. The minimum atomic E-state index is -1.13. The van der Waals surface area contributed by atoms with Gasteiger partial charge in [-0.25, -0.2) is 4.39 Å². The minimum Gasteiger partial charge on any atom is -0.481 e. The number of nitrogens with one attached hydrogen (secondary N) is 2. The van der Waals surface area contributed by atoms with Crippen molar-refractivity contribution in [2.45, 2.75) is 44.8 Å². The van der Waals surface area contributed by atoms with E-state index in [0.29, 0.717) is 35.6 Å². The van der Waals surface area contributed by atoms with E-state index in [1.54, 1.807) is 42.7 Å². The molecule has 11 heteroatoms. The van der Waals surface area contributed by atoms with Crippen molar-refractivity contribution in [1.29, 1.82) is 0 Å². The quantitative estimate of drug-likeness (QED) is 0.221. The van der Waals surface area contributed by atoms with Gasteiger partial charge in [-0.2, -0.15) is 0 Å². The number of pyridine rings is 1. The molecule has 0 bridgehead atoms. The maximum atomic E-state index is 13.5. The lowest BCUT2D eigenvalue weighted by Crippen LogP contribution is -2.58. The van der Waals surface area contributed by atoms with E-state index >= 15 is 0 Å². The van der Waals surface area contributed by atoms with E-state index in [2.05, 4.69) is 20.5 Å². The summed E-state index contributed by atoms with van der Waals surface area (Å²) in [7, 11) is 0. The number of amides is 3. The number of hydrogen-bond donors (Lipinski definition) is 3. The molecule has 1 aliphatic heterocycles. The molecule has 1 fully saturated rings. The highest BCUT2D eigenvalue weighted by atomic mass is 19.1. The zero-order chi connectivity index (χ0) is 33.5. The Bertz CT molecular complexity index is 1740. The topological polar surface area (TPSA) is 132 Å². The number of anilines is 2. The predicted octanol–water partition coefficient (Wildman–Crippen LogP) is 5.09. The number of carbonyl (C=O) groups excluding carboxylic acids is 3. The van der Waals surface area contributed by atoms with Crippen LogP contribution in [0.2, 0.25) is 0 Å². The Morgan fingerprint density at radius 2 is 1.66 bits per heavy atom. The van der Waals surface area contributed by atoms with E-state index in [1.165, 1.54) is 24.3 Å². The van der Waals surface area contributed by atoms with Crippen LogP contribution in [-0.4, -0.2) is 63.9 Å². The van der Waals surface area contributed by atoms with E-state index < -0.39 is 30.2 Å². The van der Waals surface area contributed by atoms with Crippen LogP contribution in [0.15, 0.2) is 97.3 Å². The van der Waals surface area contributed by atoms with Crippen molar-refractivity contribution < 1.29 is 28.7 Å². The molecule has 1 aliphatic rings. The number of rotatable bonds is 10. The molecule has 47 heavy (non-hydrogen) atoms. The van der Waals surface area contributed by atoms with Crippen LogP contribution in [0.5, 0.6) is 0 Å². The zero-order valence-corrected chi connectivity index (χ0v) is 26.1. The van der Waals surface area contributed by atoms with Crippen molar-refractivity contribution in [3.05, 3.63) is 125 Å². The molecular weight excluding hydrogens is 601 g/mol. The summed E-state index contributed by atoms with van der Waals surface area (Å²) in [5.41, 5.74) is 3.05. The summed E-state index contributed by atoms with van der Waals surface area (Å²) < 4.78 is 13.5. The summed E-state index contributed by atoms with van der Waals surface area (Å²) in [4.78, 5) is 59.7. The summed E-state index contributed by atoms with van der Waals surface area (Å²) in [6.07, 6.45) is 2.87. The van der Waals surface area contributed by atoms with Gasteiger partial charge in [-0.05, 0) is 67.4 Å². The maximum Gasteiger partial charge on any atom is 0.305 e. The van der Waals surface area contributed by atoms with Crippen molar-refractivity contribution in [2.24, 2.45) is 0 Å². The molecule has 0 radical (unpaired) electrons. The molecule has 0 spiro atoms. The average Bonchev–Trinajstić information content (AvgIpc) is 3.06. The number of carbonyl (C=O) groups is 4. The lowest BCUT2D eigenvalue weighted by molar-refractivity contribution is -0.137. The minimum absolute atomic E-state index is 0.112. The molecule has 1 saturated heterocycles. The zero-order valence-electron chi connectivity index (χ0n) is 26.1. The van der Waals surface area contributed by atoms with Gasteiger partial charge in [-0.1, -0.05) is 42.5 Å². The Balaban J connectivity index is 1.42. The number of piperazine rings is 1. The number of halogens is 1. The third kappa shape index (κ3) is 8.18. The molecule has 3 aromatic carbocycles. The van der Waals surface area contributed by atoms with Crippen LogP contribution in [0, 0.1) is 5.82 Å². The van der Waals surface area contributed by atoms with Crippen molar-refractivity contribution >= 4 is 35.1 Å². The van der Waals surface area contributed by atoms with Crippen LogP contribution in [0.1, 0.15) is 58.2 Å². The fourth-order valence-corrected chi connectivity index (χ4v) is 5.77. The normalized spacial score (nSPS) is 16.7. The number of aliphatic carboxylic acids is 1. The molecule has 5 rings (SSSR count). The SMILES string of the molecule is CC1CN(c2ccc(C(=O)NC(CC(=O)O)c3ccc(F)cc3)cc2NC(=O)Cc2ccccc2)C(C)CN1C(=O)c1cccnc1. The first-order valence-corrected chi connectivity index (χ1v) is 15.3. The number of nitrogens with zero attached hydrogens (tertiary/aromatic N) is 3. The summed E-state index contributed by atoms with van der Waals surface area (Å²) >= 11 is 0. The molecule has 242 valence electrons. The standard InChI is InChI=1S/C36H36FN5O5/c1-23-22-42(36(47)28-9-6-16-38-20-28)24(2)21-41(23)32-15-12-27(18-31(32)39-33(43)17-25-7-4-3-5-8-25)35(46)40-30(19-34(44)45)26-10-13-29(37)14-11-26/h3-16,18,20,23-24,30H,17,19,21-22H2,1-2H3,(H,39,43)(H,40,46)(H,44,45). The van der Waals surface area contributed by atoms with Crippen LogP contribution < -0.4 is 15.5 Å². The maximum absolute atomic E-state index is 13.5. The van der Waals surface area contributed by atoms with Gasteiger partial charge in [0, 0.05) is 43.1 Å². The van der Waals surface area contributed by atoms with Crippen LogP contribution in [0.4, 0.5) is 15.8 Å². The first-order valence-electron chi connectivity index (χ1n) is 15.3. The summed E-state index contributed by atoms with van der Waals surface area (Å²) in [5.74, 6) is -2.56. The second kappa shape index (κ2) is 14.7. The Hall–Kier alpha value is -5.58. The smallest absolute Gasteiger partial charge is 0.305 e. The first-order chi connectivity index (χ1) is 22.6. The number of benzene rings is 3. The number of hydrogen-bond acceptors (Lipinski definition) is 6. The lowest BCUT2D eigenvalue weighted by Gasteiger charge is -2.45. The van der Waals surface area contributed by atoms with Gasteiger partial charge in [0.1, 0.15) is 5.82 Å². The first kappa shape index (κ1) is 32.8. The van der Waals surface area contributed by atoms with E-state index in [1.807, 2.05) is 49.1 Å². The van der Waals surface area contributed by atoms with Crippen LogP contribution in [0.3, 0.4) is 0 Å². The molecule has 4 aromatic rings. The van der Waals surface area contributed by atoms with E-state index in [4.69, 9.17) is 0 Å². The van der Waals surface area contributed by atoms with Gasteiger partial charge in [-0.15, -0.1) is 0 Å². The molecule has 2 heterocycles. The molecule has 1 aromatic heterocycles. The van der Waals surface area contributed by atoms with Crippen molar-refractivity contribution in [2.75, 3.05) is 23.3 Å². The molecular formula is C36H36FN5O5. The van der Waals surface area contributed by atoms with Crippen molar-refractivity contribution in [3.8, 4) is 0 Å². The molecule has 10 nitrogen and oxygen atoms in total. The van der Waals surface area contributed by atoms with Crippen molar-refractivity contribution in [3.63, 3.8) is 0 Å². The van der Waals surface area contributed by atoms with Gasteiger partial charge >= 0.3 is 5.97 Å². The summed E-state index contributed by atoms with van der Waals surface area (Å²) in [6, 6.07) is 21.7. The third-order valence-electron chi connectivity index (χ3n) is 8.16. The summed E-state index contributed by atoms with van der Waals surface area (Å²) in [5, 5.41) is 15.2. The lowest BCUT2D eigenvalue weighted by atomic mass is 10.0. The molecule has 3 amide bonds. The average molecular weight is 638 g/mol. The molecule has 0 aliphatic carbocycles. The van der Waals surface area contributed by atoms with Gasteiger partial charge in [0.15, 0.2) is 0 Å². The van der Waals surface area contributed by atoms with Gasteiger partial charge in [0.25, 0.3) is 11.8 Å². The van der Waals surface area contributed by atoms with Gasteiger partial charge in [0.2, 0.25) is 5.91 Å². The Labute approximate surface area is 272 Å². The largest absolute Gasteiger partial charge is 0.481 e.